The number of allylic oxidation sites excluding steroid dienone is 4. The molecule has 0 atom stereocenters. The Hall–Kier alpha value is 0.103. The molecule has 1 aliphatic rings. The molecular formula is C14H28Ru. The van der Waals surface area contributed by atoms with Crippen molar-refractivity contribution in [3.63, 3.8) is 0 Å². The van der Waals surface area contributed by atoms with Gasteiger partial charge < -0.3 is 0 Å². The molecule has 0 aromatic rings. The molecule has 0 saturated heterocycles. The normalized spacial score (nSPS) is 17.3. The summed E-state index contributed by atoms with van der Waals surface area (Å²) in [5.41, 5.74) is 0. The van der Waals surface area contributed by atoms with Crippen molar-refractivity contribution in [3.8, 4) is 0 Å². The molecule has 0 aliphatic heterocycles. The van der Waals surface area contributed by atoms with Crippen LogP contribution in [0.2, 0.25) is 0 Å². The topological polar surface area (TPSA) is 0 Å². The van der Waals surface area contributed by atoms with Gasteiger partial charge in [-0.1, -0.05) is 64.8 Å². The Morgan fingerprint density at radius 1 is 0.600 bits per heavy atom. The Kier molecular flexibility index (Phi) is 32.4. The Morgan fingerprint density at radius 3 is 0.867 bits per heavy atom. The van der Waals surface area contributed by atoms with E-state index in [-0.39, 0.29) is 19.5 Å². The van der Waals surface area contributed by atoms with Gasteiger partial charge in [-0.2, -0.15) is 0 Å². The quantitative estimate of drug-likeness (QED) is 0.409. The minimum Gasteiger partial charge on any atom is -0.0882 e. The van der Waals surface area contributed by atoms with Crippen LogP contribution in [0, 0.1) is 0 Å². The van der Waals surface area contributed by atoms with Crippen molar-refractivity contribution < 1.29 is 19.5 Å². The van der Waals surface area contributed by atoms with Crippen LogP contribution in [0.15, 0.2) is 24.3 Å². The molecule has 92 valence electrons. The van der Waals surface area contributed by atoms with Gasteiger partial charge in [0.15, 0.2) is 0 Å². The van der Waals surface area contributed by atoms with E-state index in [9.17, 15) is 0 Å². The Balaban J connectivity index is -0.000000177. The molecule has 0 spiro atoms. The molecule has 0 radical (unpaired) electrons. The summed E-state index contributed by atoms with van der Waals surface area (Å²) in [6, 6.07) is 0. The van der Waals surface area contributed by atoms with Crippen LogP contribution in [0.5, 0.6) is 0 Å². The molecule has 0 saturated carbocycles. The number of hydrogen-bond donors (Lipinski definition) is 0. The smallest absolute Gasteiger partial charge is 0 e. The fraction of sp³-hybridized carbons (Fsp3) is 0.714. The van der Waals surface area contributed by atoms with Crippen LogP contribution in [-0.2, 0) is 19.5 Å². The Morgan fingerprint density at radius 2 is 0.733 bits per heavy atom. The molecule has 0 amide bonds. The second-order valence-electron chi connectivity index (χ2n) is 3.51. The Labute approximate surface area is 110 Å². The molecule has 0 unspecified atom stereocenters. The maximum atomic E-state index is 2.27. The third-order valence-corrected chi connectivity index (χ3v) is 1.33. The minimum absolute atomic E-state index is 0. The summed E-state index contributed by atoms with van der Waals surface area (Å²) in [6.07, 6.45) is 16.5. The fourth-order valence-corrected chi connectivity index (χ4v) is 0.856. The minimum atomic E-state index is 0. The van der Waals surface area contributed by atoms with Crippen LogP contribution < -0.4 is 0 Å². The first-order valence-electron chi connectivity index (χ1n) is 6.13. The van der Waals surface area contributed by atoms with E-state index in [4.69, 9.17) is 0 Å². The summed E-state index contributed by atoms with van der Waals surface area (Å²) in [4.78, 5) is 0. The fourth-order valence-electron chi connectivity index (χ4n) is 0.856. The van der Waals surface area contributed by atoms with Gasteiger partial charge >= 0.3 is 0 Å². The van der Waals surface area contributed by atoms with Crippen LogP contribution in [0.1, 0.15) is 66.2 Å². The second-order valence-corrected chi connectivity index (χ2v) is 3.51. The third-order valence-electron chi connectivity index (χ3n) is 1.33. The maximum Gasteiger partial charge on any atom is 0 e. The van der Waals surface area contributed by atoms with E-state index >= 15 is 0 Å². The van der Waals surface area contributed by atoms with Crippen LogP contribution in [0.25, 0.3) is 0 Å². The van der Waals surface area contributed by atoms with Gasteiger partial charge in [0.05, 0.1) is 0 Å². The number of hydrogen-bond acceptors (Lipinski definition) is 0. The number of rotatable bonds is 0. The summed E-state index contributed by atoms with van der Waals surface area (Å²) >= 11 is 0. The summed E-state index contributed by atoms with van der Waals surface area (Å²) < 4.78 is 0. The molecule has 0 fully saturated rings. The van der Waals surface area contributed by atoms with Gasteiger partial charge in [0.25, 0.3) is 0 Å². The molecule has 0 nitrogen and oxygen atoms in total. The average molecular weight is 297 g/mol. The molecule has 1 aliphatic carbocycles. The van der Waals surface area contributed by atoms with E-state index in [0.29, 0.717) is 0 Å². The van der Waals surface area contributed by atoms with Crippen molar-refractivity contribution in [2.24, 2.45) is 0 Å². The van der Waals surface area contributed by atoms with Crippen molar-refractivity contribution in [2.45, 2.75) is 66.2 Å². The summed E-state index contributed by atoms with van der Waals surface area (Å²) in [5, 5.41) is 0. The van der Waals surface area contributed by atoms with Gasteiger partial charge in [-0.05, 0) is 25.7 Å². The standard InChI is InChI=1S/C8H12.2C3H8.Ru/c1-2-4-6-8-7-5-3-1;2*1-3-2;/h1-2,7-8H,3-6H2;2*3H2,1-2H3;/b2-1-,8-7-;;;. The van der Waals surface area contributed by atoms with Crippen LogP contribution in [-0.4, -0.2) is 0 Å². The van der Waals surface area contributed by atoms with E-state index < -0.39 is 0 Å². The average Bonchev–Trinajstić information content (AvgIpc) is 2.04. The van der Waals surface area contributed by atoms with Crippen molar-refractivity contribution >= 4 is 0 Å². The molecular weight excluding hydrogens is 269 g/mol. The van der Waals surface area contributed by atoms with Crippen LogP contribution in [0.4, 0.5) is 0 Å². The third kappa shape index (κ3) is 31.5. The van der Waals surface area contributed by atoms with Crippen molar-refractivity contribution in [1.82, 2.24) is 0 Å². The molecule has 0 heterocycles. The van der Waals surface area contributed by atoms with Gasteiger partial charge in [-0.3, -0.25) is 0 Å². The first-order chi connectivity index (χ1) is 6.83. The summed E-state index contributed by atoms with van der Waals surface area (Å²) in [5.74, 6) is 0. The van der Waals surface area contributed by atoms with Gasteiger partial charge in [-0.15, -0.1) is 0 Å². The zero-order valence-electron chi connectivity index (χ0n) is 10.9. The zero-order valence-corrected chi connectivity index (χ0v) is 12.6. The zero-order chi connectivity index (χ0) is 11.1. The van der Waals surface area contributed by atoms with Gasteiger partial charge in [-0.25, -0.2) is 0 Å². The van der Waals surface area contributed by atoms with Crippen molar-refractivity contribution in [3.05, 3.63) is 24.3 Å². The van der Waals surface area contributed by atoms with E-state index in [2.05, 4.69) is 52.0 Å². The van der Waals surface area contributed by atoms with Gasteiger partial charge in [0, 0.05) is 19.5 Å². The summed E-state index contributed by atoms with van der Waals surface area (Å²) in [6.45, 7) is 8.50. The summed E-state index contributed by atoms with van der Waals surface area (Å²) in [7, 11) is 0. The van der Waals surface area contributed by atoms with Crippen LogP contribution >= 0.6 is 0 Å². The second kappa shape index (κ2) is 23.7. The molecule has 15 heavy (non-hydrogen) atoms. The predicted molar refractivity (Wildman–Crippen MR) is 68.7 cm³/mol. The monoisotopic (exact) mass is 298 g/mol. The molecule has 1 rings (SSSR count). The maximum absolute atomic E-state index is 2.27. The molecule has 0 N–H and O–H groups in total. The van der Waals surface area contributed by atoms with Crippen molar-refractivity contribution in [2.75, 3.05) is 0 Å². The van der Waals surface area contributed by atoms with E-state index in [1.807, 2.05) is 0 Å². The Bertz CT molecular complexity index is 97.3. The first kappa shape index (κ1) is 20.5. The molecule has 0 bridgehead atoms. The largest absolute Gasteiger partial charge is 0.0882 e. The molecule has 0 aromatic heterocycles. The van der Waals surface area contributed by atoms with E-state index in [1.165, 1.54) is 38.5 Å². The van der Waals surface area contributed by atoms with E-state index in [1.54, 1.807) is 0 Å². The van der Waals surface area contributed by atoms with Crippen LogP contribution in [0.3, 0.4) is 0 Å². The molecule has 1 heteroatoms. The van der Waals surface area contributed by atoms with Gasteiger partial charge in [0.2, 0.25) is 0 Å². The predicted octanol–water partition coefficient (Wildman–Crippen LogP) is 5.50. The van der Waals surface area contributed by atoms with Crippen molar-refractivity contribution in [1.29, 1.82) is 0 Å². The first-order valence-corrected chi connectivity index (χ1v) is 6.13. The van der Waals surface area contributed by atoms with E-state index in [0.717, 1.165) is 0 Å². The molecule has 0 aromatic carbocycles. The SMILES string of the molecule is C1=C\CC/C=C\CC/1.CCC.CCC.[Ru]. The van der Waals surface area contributed by atoms with Gasteiger partial charge in [0.1, 0.15) is 0 Å².